The van der Waals surface area contributed by atoms with E-state index in [1.807, 2.05) is 27.7 Å². The first-order valence-corrected chi connectivity index (χ1v) is 8.04. The van der Waals surface area contributed by atoms with E-state index < -0.39 is 5.92 Å². The third-order valence-electron chi connectivity index (χ3n) is 5.09. The Hall–Kier alpha value is -1.45. The molecule has 2 aliphatic carbocycles. The van der Waals surface area contributed by atoms with Gasteiger partial charge in [-0.25, -0.2) is 0 Å². The lowest BCUT2D eigenvalue weighted by molar-refractivity contribution is -0.141. The summed E-state index contributed by atoms with van der Waals surface area (Å²) < 4.78 is 5.73. The molecule has 0 spiro atoms. The van der Waals surface area contributed by atoms with Crippen molar-refractivity contribution in [1.82, 2.24) is 0 Å². The van der Waals surface area contributed by atoms with Gasteiger partial charge in [-0.2, -0.15) is 0 Å². The molecule has 1 aliphatic heterocycles. The molecule has 3 rings (SSSR count). The normalized spacial score (nSPS) is 31.3. The minimum absolute atomic E-state index is 0.0266. The summed E-state index contributed by atoms with van der Waals surface area (Å²) in [4.78, 5) is 37.5. The van der Waals surface area contributed by atoms with E-state index in [-0.39, 0.29) is 34.1 Å². The first-order chi connectivity index (χ1) is 10.1. The van der Waals surface area contributed by atoms with Gasteiger partial charge >= 0.3 is 0 Å². The summed E-state index contributed by atoms with van der Waals surface area (Å²) in [5.74, 6) is -0.307. The number of ether oxygens (including phenoxy) is 1. The molecule has 0 aromatic heterocycles. The fourth-order valence-electron chi connectivity index (χ4n) is 4.21. The van der Waals surface area contributed by atoms with Gasteiger partial charge in [-0.05, 0) is 10.8 Å². The molecule has 0 amide bonds. The smallest absolute Gasteiger partial charge is 0.163 e. The lowest BCUT2D eigenvalue weighted by Crippen LogP contribution is -2.43. The molecular weight excluding hydrogens is 280 g/mol. The van der Waals surface area contributed by atoms with Crippen LogP contribution in [-0.4, -0.2) is 24.0 Å². The van der Waals surface area contributed by atoms with E-state index in [1.165, 1.54) is 0 Å². The lowest BCUT2D eigenvalue weighted by atomic mass is 9.65. The predicted molar refractivity (Wildman–Crippen MR) is 81.0 cm³/mol. The Labute approximate surface area is 131 Å². The molecule has 4 nitrogen and oxygen atoms in total. The van der Waals surface area contributed by atoms with Gasteiger partial charge in [-0.1, -0.05) is 27.7 Å². The van der Waals surface area contributed by atoms with Crippen molar-refractivity contribution in [2.24, 2.45) is 22.7 Å². The number of hydrogen-bond acceptors (Lipinski definition) is 4. The second-order valence-corrected chi connectivity index (χ2v) is 8.62. The molecule has 0 N–H and O–H groups in total. The summed E-state index contributed by atoms with van der Waals surface area (Å²) in [5.41, 5.74) is 0.263. The fourth-order valence-corrected chi connectivity index (χ4v) is 4.21. The van der Waals surface area contributed by atoms with E-state index in [0.717, 1.165) is 5.76 Å². The zero-order chi connectivity index (χ0) is 16.3. The van der Waals surface area contributed by atoms with Crippen molar-refractivity contribution in [3.05, 3.63) is 11.3 Å². The zero-order valence-electron chi connectivity index (χ0n) is 13.8. The van der Waals surface area contributed by atoms with Crippen LogP contribution in [0.1, 0.15) is 53.4 Å². The van der Waals surface area contributed by atoms with Crippen LogP contribution in [0.5, 0.6) is 0 Å². The highest BCUT2D eigenvalue weighted by Gasteiger charge is 2.50. The molecule has 1 fully saturated rings. The van der Waals surface area contributed by atoms with Gasteiger partial charge in [0.15, 0.2) is 5.78 Å². The zero-order valence-corrected chi connectivity index (χ0v) is 13.8. The maximum Gasteiger partial charge on any atom is 0.163 e. The lowest BCUT2D eigenvalue weighted by Gasteiger charge is -2.35. The average Bonchev–Trinajstić information content (AvgIpc) is 2.68. The number of carbonyl (C=O) groups is 3. The van der Waals surface area contributed by atoms with Crippen LogP contribution in [0.15, 0.2) is 11.3 Å². The van der Waals surface area contributed by atoms with Crippen molar-refractivity contribution in [3.8, 4) is 0 Å². The molecule has 4 heteroatoms. The van der Waals surface area contributed by atoms with E-state index >= 15 is 0 Å². The van der Waals surface area contributed by atoms with Crippen molar-refractivity contribution in [1.29, 1.82) is 0 Å². The second-order valence-electron chi connectivity index (χ2n) is 8.62. The number of Topliss-reactive ketones (excluding diaryl/α,β-unsaturated/α-hetero) is 3. The van der Waals surface area contributed by atoms with Crippen LogP contribution < -0.4 is 0 Å². The molecule has 0 radical (unpaired) electrons. The number of ketones is 3. The molecule has 0 aromatic rings. The van der Waals surface area contributed by atoms with E-state index in [9.17, 15) is 14.4 Å². The first kappa shape index (κ1) is 15.4. The molecule has 0 saturated heterocycles. The van der Waals surface area contributed by atoms with Crippen LogP contribution in [0.2, 0.25) is 0 Å². The second kappa shape index (κ2) is 4.77. The summed E-state index contributed by atoms with van der Waals surface area (Å²) >= 11 is 0. The van der Waals surface area contributed by atoms with Crippen LogP contribution in [0.25, 0.3) is 0 Å². The topological polar surface area (TPSA) is 60.4 Å². The molecule has 0 aromatic carbocycles. The van der Waals surface area contributed by atoms with Crippen LogP contribution in [0, 0.1) is 22.7 Å². The van der Waals surface area contributed by atoms with Gasteiger partial charge < -0.3 is 4.74 Å². The van der Waals surface area contributed by atoms with E-state index in [2.05, 4.69) is 0 Å². The molecule has 1 saturated carbocycles. The van der Waals surface area contributed by atoms with Crippen molar-refractivity contribution in [2.75, 3.05) is 6.61 Å². The van der Waals surface area contributed by atoms with Gasteiger partial charge in [-0.15, -0.1) is 0 Å². The largest absolute Gasteiger partial charge is 0.497 e. The van der Waals surface area contributed by atoms with Crippen LogP contribution in [0.4, 0.5) is 0 Å². The van der Waals surface area contributed by atoms with E-state index in [4.69, 9.17) is 4.74 Å². The van der Waals surface area contributed by atoms with Crippen LogP contribution >= 0.6 is 0 Å². The monoisotopic (exact) mass is 304 g/mol. The van der Waals surface area contributed by atoms with Gasteiger partial charge in [0.05, 0.1) is 12.5 Å². The van der Waals surface area contributed by atoms with Gasteiger partial charge in [0.1, 0.15) is 17.3 Å². The maximum absolute atomic E-state index is 12.5. The van der Waals surface area contributed by atoms with Crippen LogP contribution in [-0.2, 0) is 19.1 Å². The maximum atomic E-state index is 12.5. The highest BCUT2D eigenvalue weighted by Crippen LogP contribution is 2.47. The number of rotatable bonds is 1. The fraction of sp³-hybridized carbons (Fsp3) is 0.722. The van der Waals surface area contributed by atoms with Gasteiger partial charge in [0.2, 0.25) is 0 Å². The summed E-state index contributed by atoms with van der Waals surface area (Å²) in [6.45, 7) is 8.29. The standard InChI is InChI=1S/C18H24O4/c1-17(2)5-11(19)15(12(20)6-17)10-9-22-14-8-18(3,4)7-13(21)16(10)14/h10,15H,5-9H2,1-4H3/t10-/m1/s1. The summed E-state index contributed by atoms with van der Waals surface area (Å²) in [6.07, 6.45) is 1.99. The van der Waals surface area contributed by atoms with Gasteiger partial charge in [-0.3, -0.25) is 14.4 Å². The molecular formula is C18H24O4. The van der Waals surface area contributed by atoms with Crippen molar-refractivity contribution >= 4 is 17.3 Å². The summed E-state index contributed by atoms with van der Waals surface area (Å²) in [7, 11) is 0. The molecule has 1 atom stereocenters. The van der Waals surface area contributed by atoms with E-state index in [1.54, 1.807) is 0 Å². The third-order valence-corrected chi connectivity index (χ3v) is 5.09. The van der Waals surface area contributed by atoms with Gasteiger partial charge in [0, 0.05) is 37.2 Å². The summed E-state index contributed by atoms with van der Waals surface area (Å²) in [5, 5.41) is 0. The Kier molecular flexibility index (Phi) is 3.35. The molecule has 0 unspecified atom stereocenters. The Balaban J connectivity index is 1.91. The van der Waals surface area contributed by atoms with Crippen molar-refractivity contribution in [2.45, 2.75) is 53.4 Å². The Morgan fingerprint density at radius 1 is 0.864 bits per heavy atom. The molecule has 3 aliphatic rings. The molecule has 1 heterocycles. The van der Waals surface area contributed by atoms with Crippen molar-refractivity contribution in [3.63, 3.8) is 0 Å². The number of hydrogen-bond donors (Lipinski definition) is 0. The Morgan fingerprint density at radius 2 is 1.41 bits per heavy atom. The van der Waals surface area contributed by atoms with E-state index in [0.29, 0.717) is 37.9 Å². The van der Waals surface area contributed by atoms with Crippen molar-refractivity contribution < 1.29 is 19.1 Å². The minimum atomic E-state index is -0.675. The van der Waals surface area contributed by atoms with Gasteiger partial charge in [0.25, 0.3) is 0 Å². The summed E-state index contributed by atoms with van der Waals surface area (Å²) in [6, 6.07) is 0. The number of carbonyl (C=O) groups excluding carboxylic acids is 3. The quantitative estimate of drug-likeness (QED) is 0.699. The highest BCUT2D eigenvalue weighted by atomic mass is 16.5. The number of allylic oxidation sites excluding steroid dienone is 1. The predicted octanol–water partition coefficient (Wildman–Crippen LogP) is 2.85. The Bertz CT molecular complexity index is 574. The molecule has 120 valence electrons. The first-order valence-electron chi connectivity index (χ1n) is 8.04. The third kappa shape index (κ3) is 2.53. The minimum Gasteiger partial charge on any atom is -0.497 e. The Morgan fingerprint density at radius 3 is 2.00 bits per heavy atom. The molecule has 22 heavy (non-hydrogen) atoms. The highest BCUT2D eigenvalue weighted by molar-refractivity contribution is 6.08. The molecule has 0 bridgehead atoms. The average molecular weight is 304 g/mol. The van der Waals surface area contributed by atoms with Crippen LogP contribution in [0.3, 0.4) is 0 Å². The SMILES string of the molecule is CC1(C)CC(=O)C([C@H]2COC3=C2C(=O)CC(C)(C)C3)C(=O)C1.